The van der Waals surface area contributed by atoms with Crippen LogP contribution in [0.15, 0.2) is 12.4 Å². The number of aromatic nitrogens is 2. The molecule has 5 heteroatoms. The number of rotatable bonds is 4. The molecule has 1 saturated heterocycles. The van der Waals surface area contributed by atoms with Gasteiger partial charge in [0.2, 0.25) is 0 Å². The average molecular weight is 231 g/mol. The maximum absolute atomic E-state index is 8.59. The van der Waals surface area contributed by atoms with E-state index in [9.17, 15) is 0 Å². The van der Waals surface area contributed by atoms with Crippen molar-refractivity contribution in [2.24, 2.45) is 5.92 Å². The molecule has 0 saturated carbocycles. The molecule has 1 aromatic rings. The zero-order valence-corrected chi connectivity index (χ0v) is 9.82. The second-order valence-corrected chi connectivity index (χ2v) is 4.33. The van der Waals surface area contributed by atoms with Gasteiger partial charge in [-0.3, -0.25) is 0 Å². The highest BCUT2D eigenvalue weighted by atomic mass is 15.0. The number of nitrogens with one attached hydrogen (secondary N) is 2. The van der Waals surface area contributed by atoms with Crippen LogP contribution in [0.1, 0.15) is 25.0 Å². The van der Waals surface area contributed by atoms with Crippen LogP contribution in [-0.4, -0.2) is 29.6 Å². The van der Waals surface area contributed by atoms with Crippen molar-refractivity contribution in [3.63, 3.8) is 0 Å². The Balaban J connectivity index is 1.72. The highest BCUT2D eigenvalue weighted by Crippen LogP contribution is 2.13. The number of hydrogen-bond acceptors (Lipinski definition) is 5. The molecule has 1 aliphatic heterocycles. The van der Waals surface area contributed by atoms with E-state index in [4.69, 9.17) is 5.26 Å². The van der Waals surface area contributed by atoms with Crippen molar-refractivity contribution < 1.29 is 0 Å². The Labute approximate surface area is 101 Å². The van der Waals surface area contributed by atoms with Crippen LogP contribution in [0.3, 0.4) is 0 Å². The first kappa shape index (κ1) is 11.8. The molecule has 0 bridgehead atoms. The van der Waals surface area contributed by atoms with E-state index < -0.39 is 0 Å². The fourth-order valence-corrected chi connectivity index (χ4v) is 2.05. The number of anilines is 1. The summed E-state index contributed by atoms with van der Waals surface area (Å²) < 4.78 is 0. The van der Waals surface area contributed by atoms with Gasteiger partial charge < -0.3 is 10.6 Å². The highest BCUT2D eigenvalue weighted by Gasteiger charge is 2.11. The summed E-state index contributed by atoms with van der Waals surface area (Å²) in [6.07, 6.45) is 6.84. The Bertz CT molecular complexity index is 375. The van der Waals surface area contributed by atoms with E-state index in [0.29, 0.717) is 5.69 Å². The van der Waals surface area contributed by atoms with Crippen LogP contribution in [0.25, 0.3) is 0 Å². The summed E-state index contributed by atoms with van der Waals surface area (Å²) in [6, 6.07) is 1.95. The van der Waals surface area contributed by atoms with Crippen molar-refractivity contribution in [1.82, 2.24) is 15.3 Å². The predicted molar refractivity (Wildman–Crippen MR) is 65.4 cm³/mol. The lowest BCUT2D eigenvalue weighted by atomic mass is 9.96. The van der Waals surface area contributed by atoms with Crippen molar-refractivity contribution in [1.29, 1.82) is 5.26 Å². The van der Waals surface area contributed by atoms with Gasteiger partial charge in [0.15, 0.2) is 5.69 Å². The predicted octanol–water partition coefficient (Wildman–Crippen LogP) is 1.15. The van der Waals surface area contributed by atoms with Gasteiger partial charge in [0.05, 0.1) is 12.4 Å². The van der Waals surface area contributed by atoms with E-state index in [0.717, 1.165) is 37.8 Å². The monoisotopic (exact) mass is 231 g/mol. The topological polar surface area (TPSA) is 73.6 Å². The Hall–Kier alpha value is -1.67. The van der Waals surface area contributed by atoms with Crippen molar-refractivity contribution in [2.45, 2.75) is 19.3 Å². The quantitative estimate of drug-likeness (QED) is 0.813. The molecular weight excluding hydrogens is 214 g/mol. The van der Waals surface area contributed by atoms with Gasteiger partial charge in [-0.05, 0) is 38.3 Å². The Morgan fingerprint density at radius 1 is 1.47 bits per heavy atom. The zero-order valence-electron chi connectivity index (χ0n) is 9.82. The second kappa shape index (κ2) is 6.16. The van der Waals surface area contributed by atoms with Crippen molar-refractivity contribution >= 4 is 5.82 Å². The Morgan fingerprint density at radius 3 is 3.06 bits per heavy atom. The van der Waals surface area contributed by atoms with Crippen LogP contribution >= 0.6 is 0 Å². The molecule has 0 radical (unpaired) electrons. The van der Waals surface area contributed by atoms with Gasteiger partial charge in [0.25, 0.3) is 0 Å². The minimum Gasteiger partial charge on any atom is -0.369 e. The number of nitrogens with zero attached hydrogens (tertiary/aromatic N) is 3. The molecule has 0 aromatic carbocycles. The average Bonchev–Trinajstić information content (AvgIpc) is 2.41. The van der Waals surface area contributed by atoms with Crippen LogP contribution in [-0.2, 0) is 0 Å². The van der Waals surface area contributed by atoms with E-state index in [-0.39, 0.29) is 0 Å². The molecule has 2 rings (SSSR count). The molecule has 0 amide bonds. The Morgan fingerprint density at radius 2 is 2.41 bits per heavy atom. The summed E-state index contributed by atoms with van der Waals surface area (Å²) in [5.41, 5.74) is 0.354. The summed E-state index contributed by atoms with van der Waals surface area (Å²) in [6.45, 7) is 3.19. The SMILES string of the molecule is N#Cc1cnc(NCCC2CCCNC2)cn1. The van der Waals surface area contributed by atoms with Crippen molar-refractivity contribution in [3.8, 4) is 6.07 Å². The molecule has 1 fully saturated rings. The van der Waals surface area contributed by atoms with Gasteiger partial charge in [0, 0.05) is 6.54 Å². The third kappa shape index (κ3) is 3.68. The molecular formula is C12H17N5. The largest absolute Gasteiger partial charge is 0.369 e. The molecule has 1 aromatic heterocycles. The third-order valence-corrected chi connectivity index (χ3v) is 3.02. The van der Waals surface area contributed by atoms with E-state index in [1.807, 2.05) is 6.07 Å². The number of hydrogen-bond donors (Lipinski definition) is 2. The second-order valence-electron chi connectivity index (χ2n) is 4.33. The summed E-state index contributed by atoms with van der Waals surface area (Å²) in [5.74, 6) is 1.51. The summed E-state index contributed by atoms with van der Waals surface area (Å²) >= 11 is 0. The van der Waals surface area contributed by atoms with Gasteiger partial charge in [-0.25, -0.2) is 9.97 Å². The fourth-order valence-electron chi connectivity index (χ4n) is 2.05. The van der Waals surface area contributed by atoms with Gasteiger partial charge in [0.1, 0.15) is 11.9 Å². The summed E-state index contributed by atoms with van der Waals surface area (Å²) in [4.78, 5) is 8.08. The van der Waals surface area contributed by atoms with Crippen molar-refractivity contribution in [3.05, 3.63) is 18.1 Å². The molecule has 1 aliphatic rings. The smallest absolute Gasteiger partial charge is 0.158 e. The van der Waals surface area contributed by atoms with Gasteiger partial charge in [-0.1, -0.05) is 0 Å². The van der Waals surface area contributed by atoms with Gasteiger partial charge in [-0.2, -0.15) is 5.26 Å². The van der Waals surface area contributed by atoms with Crippen LogP contribution in [0.5, 0.6) is 0 Å². The molecule has 2 heterocycles. The lowest BCUT2D eigenvalue weighted by molar-refractivity contribution is 0.364. The minimum atomic E-state index is 0.354. The van der Waals surface area contributed by atoms with Gasteiger partial charge in [-0.15, -0.1) is 0 Å². The molecule has 17 heavy (non-hydrogen) atoms. The summed E-state index contributed by atoms with van der Waals surface area (Å²) in [5, 5.41) is 15.2. The van der Waals surface area contributed by atoms with E-state index in [2.05, 4.69) is 20.6 Å². The molecule has 90 valence electrons. The van der Waals surface area contributed by atoms with Crippen LogP contribution < -0.4 is 10.6 Å². The molecule has 0 spiro atoms. The Kier molecular flexibility index (Phi) is 4.28. The first-order chi connectivity index (χ1) is 8.38. The zero-order chi connectivity index (χ0) is 11.9. The van der Waals surface area contributed by atoms with Crippen LogP contribution in [0.2, 0.25) is 0 Å². The molecule has 1 unspecified atom stereocenters. The van der Waals surface area contributed by atoms with E-state index >= 15 is 0 Å². The maximum Gasteiger partial charge on any atom is 0.158 e. The molecule has 2 N–H and O–H groups in total. The number of piperidine rings is 1. The first-order valence-electron chi connectivity index (χ1n) is 6.05. The molecule has 5 nitrogen and oxygen atoms in total. The standard InChI is InChI=1S/C12H17N5/c13-6-11-8-17-12(9-16-11)15-5-3-10-2-1-4-14-7-10/h8-10,14H,1-5,7H2,(H,15,17). The minimum absolute atomic E-state index is 0.354. The molecule has 1 atom stereocenters. The number of nitriles is 1. The highest BCUT2D eigenvalue weighted by molar-refractivity contribution is 5.32. The van der Waals surface area contributed by atoms with E-state index in [1.54, 1.807) is 6.20 Å². The summed E-state index contributed by atoms with van der Waals surface area (Å²) in [7, 11) is 0. The van der Waals surface area contributed by atoms with Gasteiger partial charge >= 0.3 is 0 Å². The third-order valence-electron chi connectivity index (χ3n) is 3.02. The van der Waals surface area contributed by atoms with Crippen LogP contribution in [0, 0.1) is 17.2 Å². The fraction of sp³-hybridized carbons (Fsp3) is 0.583. The normalized spacial score (nSPS) is 19.6. The maximum atomic E-state index is 8.59. The molecule has 0 aliphatic carbocycles. The lowest BCUT2D eigenvalue weighted by Gasteiger charge is -2.22. The van der Waals surface area contributed by atoms with E-state index in [1.165, 1.54) is 19.0 Å². The van der Waals surface area contributed by atoms with Crippen molar-refractivity contribution in [2.75, 3.05) is 25.0 Å². The first-order valence-corrected chi connectivity index (χ1v) is 6.05. The lowest BCUT2D eigenvalue weighted by Crippen LogP contribution is -2.30. The van der Waals surface area contributed by atoms with Crippen LogP contribution in [0.4, 0.5) is 5.82 Å².